The molecule has 21 heavy (non-hydrogen) atoms. The highest BCUT2D eigenvalue weighted by molar-refractivity contribution is 6.34. The lowest BCUT2D eigenvalue weighted by atomic mass is 10.2. The molecule has 114 valence electrons. The van der Waals surface area contributed by atoms with Crippen LogP contribution in [0.5, 0.6) is 0 Å². The molecule has 0 amide bonds. The molecule has 0 fully saturated rings. The topological polar surface area (TPSA) is 21.1 Å². The molecule has 0 aliphatic carbocycles. The first-order valence-electron chi connectivity index (χ1n) is 7.24. The number of hydrogen-bond donors (Lipinski definition) is 0. The van der Waals surface area contributed by atoms with E-state index in [-0.39, 0.29) is 0 Å². The van der Waals surface area contributed by atoms with Gasteiger partial charge in [0.15, 0.2) is 0 Å². The largest absolute Gasteiger partial charge is 0.302 e. The number of nitrogens with zero attached hydrogens (tertiary/aromatic N) is 3. The Morgan fingerprint density at radius 3 is 2.52 bits per heavy atom. The number of unbranched alkanes of at least 4 members (excludes halogenated alkanes) is 2. The molecular formula is C16H21Cl2N3. The van der Waals surface area contributed by atoms with Crippen LogP contribution in [0.2, 0.25) is 10.0 Å². The van der Waals surface area contributed by atoms with E-state index in [0.29, 0.717) is 10.0 Å². The van der Waals surface area contributed by atoms with E-state index in [1.165, 1.54) is 19.3 Å². The van der Waals surface area contributed by atoms with Gasteiger partial charge in [0.2, 0.25) is 0 Å². The summed E-state index contributed by atoms with van der Waals surface area (Å²) in [5, 5.41) is 5.60. The summed E-state index contributed by atoms with van der Waals surface area (Å²) in [4.78, 5) is 2.30. The monoisotopic (exact) mass is 325 g/mol. The highest BCUT2D eigenvalue weighted by Crippen LogP contribution is 2.20. The molecule has 0 radical (unpaired) electrons. The summed E-state index contributed by atoms with van der Waals surface area (Å²) in [5.74, 6) is 0. The third-order valence-corrected chi connectivity index (χ3v) is 3.80. The fourth-order valence-electron chi connectivity index (χ4n) is 2.36. The molecule has 0 bridgehead atoms. The highest BCUT2D eigenvalue weighted by Gasteiger charge is 2.03. The molecule has 0 aliphatic rings. The Kier molecular flexibility index (Phi) is 6.55. The number of benzene rings is 1. The van der Waals surface area contributed by atoms with E-state index in [4.69, 9.17) is 23.2 Å². The first kappa shape index (κ1) is 16.3. The molecule has 5 heteroatoms. The maximum absolute atomic E-state index is 6.02. The molecule has 1 aromatic carbocycles. The van der Waals surface area contributed by atoms with Gasteiger partial charge in [-0.1, -0.05) is 29.6 Å². The van der Waals surface area contributed by atoms with Crippen LogP contribution in [0.3, 0.4) is 0 Å². The first-order chi connectivity index (χ1) is 10.1. The van der Waals surface area contributed by atoms with Crippen molar-refractivity contribution in [3.63, 3.8) is 0 Å². The van der Waals surface area contributed by atoms with Gasteiger partial charge in [-0.2, -0.15) is 5.10 Å². The molecule has 3 nitrogen and oxygen atoms in total. The highest BCUT2D eigenvalue weighted by atomic mass is 35.5. The fraction of sp³-hybridized carbons (Fsp3) is 0.438. The molecule has 1 aromatic heterocycles. The molecule has 0 aliphatic heterocycles. The molecule has 0 atom stereocenters. The zero-order valence-electron chi connectivity index (χ0n) is 12.3. The van der Waals surface area contributed by atoms with Crippen LogP contribution in [0.25, 0.3) is 0 Å². The van der Waals surface area contributed by atoms with E-state index in [1.54, 1.807) is 6.07 Å². The van der Waals surface area contributed by atoms with Crippen molar-refractivity contribution in [2.75, 3.05) is 13.6 Å². The van der Waals surface area contributed by atoms with E-state index in [9.17, 15) is 0 Å². The van der Waals surface area contributed by atoms with Crippen molar-refractivity contribution in [1.29, 1.82) is 0 Å². The summed E-state index contributed by atoms with van der Waals surface area (Å²) < 4.78 is 1.98. The van der Waals surface area contributed by atoms with Crippen LogP contribution in [0.1, 0.15) is 24.8 Å². The molecule has 2 rings (SSSR count). The normalized spacial score (nSPS) is 11.2. The Morgan fingerprint density at radius 1 is 1.10 bits per heavy atom. The van der Waals surface area contributed by atoms with Crippen LogP contribution in [-0.4, -0.2) is 28.3 Å². The Morgan fingerprint density at radius 2 is 1.86 bits per heavy atom. The zero-order valence-corrected chi connectivity index (χ0v) is 13.8. The predicted octanol–water partition coefficient (Wildman–Crippen LogP) is 4.49. The molecule has 2 aromatic rings. The van der Waals surface area contributed by atoms with Crippen molar-refractivity contribution in [2.45, 2.75) is 32.4 Å². The molecule has 0 N–H and O–H groups in total. The van der Waals surface area contributed by atoms with Gasteiger partial charge < -0.3 is 4.90 Å². The lowest BCUT2D eigenvalue weighted by molar-refractivity contribution is 0.315. The molecule has 0 unspecified atom stereocenters. The lowest BCUT2D eigenvalue weighted by Gasteiger charge is -2.17. The molecule has 0 saturated heterocycles. The summed E-state index contributed by atoms with van der Waals surface area (Å²) in [6, 6.07) is 7.68. The summed E-state index contributed by atoms with van der Waals surface area (Å²) in [6.45, 7) is 2.95. The van der Waals surface area contributed by atoms with Gasteiger partial charge in [-0.25, -0.2) is 0 Å². The number of halogens is 2. The Labute approximate surface area is 136 Å². The standard InChI is InChI=1S/C16H21Cl2N3/c1-20(13-14-10-15(17)12-16(18)11-14)7-3-2-4-8-21-9-5-6-19-21/h5-6,9-12H,2-4,7-8,13H2,1H3. The number of aromatic nitrogens is 2. The number of rotatable bonds is 8. The van der Waals surface area contributed by atoms with Gasteiger partial charge in [-0.15, -0.1) is 0 Å². The Hall–Kier alpha value is -1.03. The van der Waals surface area contributed by atoms with Crippen molar-refractivity contribution < 1.29 is 0 Å². The van der Waals surface area contributed by atoms with Gasteiger partial charge in [-0.05, 0) is 56.3 Å². The van der Waals surface area contributed by atoms with Crippen LogP contribution >= 0.6 is 23.2 Å². The van der Waals surface area contributed by atoms with E-state index in [2.05, 4.69) is 17.0 Å². The summed E-state index contributed by atoms with van der Waals surface area (Å²) >= 11 is 12.0. The van der Waals surface area contributed by atoms with Crippen molar-refractivity contribution in [3.8, 4) is 0 Å². The van der Waals surface area contributed by atoms with E-state index in [1.807, 2.05) is 35.3 Å². The van der Waals surface area contributed by atoms with E-state index in [0.717, 1.165) is 25.2 Å². The predicted molar refractivity (Wildman–Crippen MR) is 88.9 cm³/mol. The van der Waals surface area contributed by atoms with Crippen LogP contribution in [-0.2, 0) is 13.1 Å². The molecular weight excluding hydrogens is 305 g/mol. The zero-order chi connectivity index (χ0) is 15.1. The van der Waals surface area contributed by atoms with Gasteiger partial charge in [0.25, 0.3) is 0 Å². The van der Waals surface area contributed by atoms with Crippen molar-refractivity contribution >= 4 is 23.2 Å². The SMILES string of the molecule is CN(CCCCCn1cccn1)Cc1cc(Cl)cc(Cl)c1. The van der Waals surface area contributed by atoms with Crippen molar-refractivity contribution in [2.24, 2.45) is 0 Å². The first-order valence-corrected chi connectivity index (χ1v) is 8.00. The third-order valence-electron chi connectivity index (χ3n) is 3.36. The van der Waals surface area contributed by atoms with Gasteiger partial charge in [0, 0.05) is 35.5 Å². The average Bonchev–Trinajstić information content (AvgIpc) is 2.90. The second-order valence-electron chi connectivity index (χ2n) is 5.35. The minimum absolute atomic E-state index is 0.699. The second-order valence-corrected chi connectivity index (χ2v) is 6.22. The second kappa shape index (κ2) is 8.42. The summed E-state index contributed by atoms with van der Waals surface area (Å²) in [6.07, 6.45) is 7.39. The van der Waals surface area contributed by atoms with Crippen LogP contribution < -0.4 is 0 Å². The van der Waals surface area contributed by atoms with Crippen LogP contribution in [0.15, 0.2) is 36.7 Å². The third kappa shape index (κ3) is 6.08. The van der Waals surface area contributed by atoms with Gasteiger partial charge in [0.1, 0.15) is 0 Å². The van der Waals surface area contributed by atoms with E-state index >= 15 is 0 Å². The quantitative estimate of drug-likeness (QED) is 0.666. The van der Waals surface area contributed by atoms with Crippen molar-refractivity contribution in [3.05, 3.63) is 52.3 Å². The maximum Gasteiger partial charge on any atom is 0.0489 e. The summed E-state index contributed by atoms with van der Waals surface area (Å²) in [5.41, 5.74) is 1.16. The number of hydrogen-bond acceptors (Lipinski definition) is 2. The number of aryl methyl sites for hydroxylation is 1. The van der Waals surface area contributed by atoms with Crippen molar-refractivity contribution in [1.82, 2.24) is 14.7 Å². The molecule has 1 heterocycles. The van der Waals surface area contributed by atoms with Crippen LogP contribution in [0, 0.1) is 0 Å². The lowest BCUT2D eigenvalue weighted by Crippen LogP contribution is -2.19. The van der Waals surface area contributed by atoms with Crippen LogP contribution in [0.4, 0.5) is 0 Å². The van der Waals surface area contributed by atoms with Gasteiger partial charge in [0.05, 0.1) is 0 Å². The fourth-order valence-corrected chi connectivity index (χ4v) is 2.93. The minimum Gasteiger partial charge on any atom is -0.302 e. The van der Waals surface area contributed by atoms with Gasteiger partial charge in [-0.3, -0.25) is 4.68 Å². The smallest absolute Gasteiger partial charge is 0.0489 e. The van der Waals surface area contributed by atoms with E-state index < -0.39 is 0 Å². The maximum atomic E-state index is 6.02. The Bertz CT molecular complexity index is 520. The molecule has 0 saturated carbocycles. The summed E-state index contributed by atoms with van der Waals surface area (Å²) in [7, 11) is 2.13. The minimum atomic E-state index is 0.699. The average molecular weight is 326 g/mol. The Balaban J connectivity index is 1.64. The van der Waals surface area contributed by atoms with Gasteiger partial charge >= 0.3 is 0 Å². The molecule has 0 spiro atoms.